The number of benzene rings is 1. The van der Waals surface area contributed by atoms with E-state index in [1.54, 1.807) is 42.8 Å². The Morgan fingerprint density at radius 1 is 1.06 bits per heavy atom. The summed E-state index contributed by atoms with van der Waals surface area (Å²) in [4.78, 5) is 36.0. The van der Waals surface area contributed by atoms with Crippen molar-refractivity contribution in [2.75, 3.05) is 0 Å². The molecule has 180 valence electrons. The molecule has 4 saturated carbocycles. The lowest BCUT2D eigenvalue weighted by molar-refractivity contribution is -0.386. The van der Waals surface area contributed by atoms with Crippen LogP contribution in [0.4, 0.5) is 5.69 Å². The number of hydrogen-bond donors (Lipinski definition) is 2. The minimum Gasteiger partial charge on any atom is -0.273 e. The lowest BCUT2D eigenvalue weighted by atomic mass is 9.49. The second-order valence-corrected chi connectivity index (χ2v) is 10.7. The summed E-state index contributed by atoms with van der Waals surface area (Å²) in [6, 6.07) is 6.93. The highest BCUT2D eigenvalue weighted by molar-refractivity contribution is 5.95. The third-order valence-corrected chi connectivity index (χ3v) is 8.09. The Hall–Kier alpha value is -3.23. The van der Waals surface area contributed by atoms with E-state index in [9.17, 15) is 19.7 Å². The summed E-state index contributed by atoms with van der Waals surface area (Å²) in [5.74, 6) is 1.87. The molecule has 2 N–H and O–H groups in total. The SMILES string of the molecule is Cc1nn(Cc2ccc(C(=O)NNC(=O)CC34CC5CC(CC(C5)C3)C4)cc2)c(C)c1[N+](=O)[O-]. The number of carbonyl (C=O) groups is 2. The zero-order chi connectivity index (χ0) is 24.0. The normalized spacial score (nSPS) is 26.9. The predicted molar refractivity (Wildman–Crippen MR) is 125 cm³/mol. The smallest absolute Gasteiger partial charge is 0.273 e. The van der Waals surface area contributed by atoms with Gasteiger partial charge < -0.3 is 0 Å². The lowest BCUT2D eigenvalue weighted by Crippen LogP contribution is -2.50. The molecule has 34 heavy (non-hydrogen) atoms. The van der Waals surface area contributed by atoms with Gasteiger partial charge in [0.15, 0.2) is 0 Å². The van der Waals surface area contributed by atoms with Crippen molar-refractivity contribution in [1.29, 1.82) is 0 Å². The zero-order valence-electron chi connectivity index (χ0n) is 19.7. The van der Waals surface area contributed by atoms with Crippen molar-refractivity contribution in [1.82, 2.24) is 20.6 Å². The highest BCUT2D eigenvalue weighted by atomic mass is 16.6. The van der Waals surface area contributed by atoms with Gasteiger partial charge in [-0.25, -0.2) is 0 Å². The van der Waals surface area contributed by atoms with Crippen molar-refractivity contribution >= 4 is 17.5 Å². The average molecular weight is 466 g/mol. The van der Waals surface area contributed by atoms with E-state index in [-0.39, 0.29) is 22.9 Å². The number of nitrogens with zero attached hydrogens (tertiary/aromatic N) is 3. The molecule has 0 saturated heterocycles. The van der Waals surface area contributed by atoms with Gasteiger partial charge in [-0.15, -0.1) is 0 Å². The van der Waals surface area contributed by atoms with Crippen LogP contribution in [-0.4, -0.2) is 26.5 Å². The minimum absolute atomic E-state index is 0.0280. The molecule has 0 unspecified atom stereocenters. The molecule has 2 aromatic rings. The summed E-state index contributed by atoms with van der Waals surface area (Å²) in [5.41, 5.74) is 7.49. The molecular weight excluding hydrogens is 434 g/mol. The maximum absolute atomic E-state index is 12.6. The molecule has 4 bridgehead atoms. The van der Waals surface area contributed by atoms with Crippen LogP contribution < -0.4 is 10.9 Å². The predicted octanol–water partition coefficient (Wildman–Crippen LogP) is 3.82. The summed E-state index contributed by atoms with van der Waals surface area (Å²) in [6.45, 7) is 3.66. The van der Waals surface area contributed by atoms with Gasteiger partial charge in [-0.05, 0) is 93.2 Å². The molecule has 9 nitrogen and oxygen atoms in total. The van der Waals surface area contributed by atoms with E-state index < -0.39 is 4.92 Å². The first-order valence-electron chi connectivity index (χ1n) is 12.1. The summed E-state index contributed by atoms with van der Waals surface area (Å²) >= 11 is 0. The fourth-order valence-electron chi connectivity index (χ4n) is 7.13. The number of nitro groups is 1. The Labute approximate surface area is 198 Å². The van der Waals surface area contributed by atoms with Crippen molar-refractivity contribution < 1.29 is 14.5 Å². The van der Waals surface area contributed by atoms with Crippen LogP contribution in [0.5, 0.6) is 0 Å². The molecule has 0 radical (unpaired) electrons. The first-order valence-corrected chi connectivity index (χ1v) is 12.1. The van der Waals surface area contributed by atoms with Crippen molar-refractivity contribution in [3.8, 4) is 0 Å². The minimum atomic E-state index is -0.418. The van der Waals surface area contributed by atoms with Gasteiger partial charge in [0.2, 0.25) is 5.91 Å². The van der Waals surface area contributed by atoms with Crippen molar-refractivity contribution in [3.63, 3.8) is 0 Å². The van der Waals surface area contributed by atoms with Crippen LogP contribution in [0.15, 0.2) is 24.3 Å². The van der Waals surface area contributed by atoms with Gasteiger partial charge in [-0.1, -0.05) is 12.1 Å². The van der Waals surface area contributed by atoms with E-state index in [4.69, 9.17) is 0 Å². The molecule has 4 fully saturated rings. The van der Waals surface area contributed by atoms with Crippen LogP contribution in [0.25, 0.3) is 0 Å². The number of hydrogen-bond acceptors (Lipinski definition) is 5. The third-order valence-electron chi connectivity index (χ3n) is 8.09. The number of amides is 2. The zero-order valence-corrected chi connectivity index (χ0v) is 19.7. The van der Waals surface area contributed by atoms with Gasteiger partial charge in [0.25, 0.3) is 5.91 Å². The monoisotopic (exact) mass is 465 g/mol. The maximum Gasteiger partial charge on any atom is 0.312 e. The molecular formula is C25H31N5O4. The van der Waals surface area contributed by atoms with E-state index in [0.29, 0.717) is 29.9 Å². The molecule has 4 aliphatic rings. The van der Waals surface area contributed by atoms with Gasteiger partial charge in [-0.3, -0.25) is 35.2 Å². The Morgan fingerprint density at radius 2 is 1.65 bits per heavy atom. The topological polar surface area (TPSA) is 119 Å². The lowest BCUT2D eigenvalue weighted by Gasteiger charge is -2.56. The van der Waals surface area contributed by atoms with Crippen LogP contribution in [0, 0.1) is 47.1 Å². The molecule has 1 aromatic carbocycles. The maximum atomic E-state index is 12.6. The summed E-state index contributed by atoms with van der Waals surface area (Å²) in [7, 11) is 0. The fourth-order valence-corrected chi connectivity index (χ4v) is 7.13. The molecule has 1 heterocycles. The Kier molecular flexibility index (Phi) is 5.65. The molecule has 2 amide bonds. The van der Waals surface area contributed by atoms with Gasteiger partial charge in [0.1, 0.15) is 11.4 Å². The van der Waals surface area contributed by atoms with Gasteiger partial charge >= 0.3 is 5.69 Å². The first kappa shape index (κ1) is 22.6. The van der Waals surface area contributed by atoms with Crippen molar-refractivity contribution in [2.45, 2.75) is 65.3 Å². The number of nitrogens with one attached hydrogen (secondary N) is 2. The van der Waals surface area contributed by atoms with E-state index in [0.717, 1.165) is 42.6 Å². The van der Waals surface area contributed by atoms with Gasteiger partial charge in [0.05, 0.1) is 11.5 Å². The standard InChI is InChI=1S/C25H31N5O4/c1-15-23(30(33)34)16(2)29(28-15)14-17-3-5-21(6-4-17)24(32)27-26-22(31)13-25-10-18-7-19(11-25)9-20(8-18)12-25/h3-6,18-20H,7-14H2,1-2H3,(H,26,31)(H,27,32). The van der Waals surface area contributed by atoms with E-state index in [1.807, 2.05) is 0 Å². The first-order chi connectivity index (χ1) is 16.2. The van der Waals surface area contributed by atoms with Crippen molar-refractivity contribution in [3.05, 3.63) is 56.9 Å². The number of carbonyl (C=O) groups excluding carboxylic acids is 2. The fraction of sp³-hybridized carbons (Fsp3) is 0.560. The summed E-state index contributed by atoms with van der Waals surface area (Å²) in [5, 5.41) is 15.5. The van der Waals surface area contributed by atoms with Crippen LogP contribution in [0.2, 0.25) is 0 Å². The van der Waals surface area contributed by atoms with Crippen LogP contribution in [0.3, 0.4) is 0 Å². The van der Waals surface area contributed by atoms with Gasteiger partial charge in [0, 0.05) is 12.0 Å². The molecule has 0 atom stereocenters. The van der Waals surface area contributed by atoms with Crippen LogP contribution in [-0.2, 0) is 11.3 Å². The second-order valence-electron chi connectivity index (χ2n) is 10.7. The number of hydrazine groups is 1. The number of rotatable bonds is 6. The highest BCUT2D eigenvalue weighted by Gasteiger charge is 2.51. The molecule has 1 aromatic heterocycles. The highest BCUT2D eigenvalue weighted by Crippen LogP contribution is 2.61. The van der Waals surface area contributed by atoms with E-state index >= 15 is 0 Å². The molecule has 6 rings (SSSR count). The van der Waals surface area contributed by atoms with Crippen LogP contribution >= 0.6 is 0 Å². The Morgan fingerprint density at radius 3 is 2.18 bits per heavy atom. The Balaban J connectivity index is 1.15. The average Bonchev–Trinajstić information content (AvgIpc) is 3.04. The number of aryl methyl sites for hydroxylation is 1. The second kappa shape index (κ2) is 8.52. The van der Waals surface area contributed by atoms with Gasteiger partial charge in [-0.2, -0.15) is 5.10 Å². The quantitative estimate of drug-likeness (QED) is 0.496. The Bertz CT molecular complexity index is 1100. The van der Waals surface area contributed by atoms with Crippen LogP contribution in [0.1, 0.15) is 72.3 Å². The summed E-state index contributed by atoms with van der Waals surface area (Å²) in [6.07, 6.45) is 7.96. The molecule has 0 aliphatic heterocycles. The summed E-state index contributed by atoms with van der Waals surface area (Å²) < 4.78 is 1.59. The van der Waals surface area contributed by atoms with E-state index in [2.05, 4.69) is 16.0 Å². The van der Waals surface area contributed by atoms with Crippen molar-refractivity contribution in [2.24, 2.45) is 23.2 Å². The van der Waals surface area contributed by atoms with E-state index in [1.165, 1.54) is 19.3 Å². The molecule has 0 spiro atoms. The molecule has 4 aliphatic carbocycles. The largest absolute Gasteiger partial charge is 0.312 e. The molecule has 9 heteroatoms. The number of aromatic nitrogens is 2. The third kappa shape index (κ3) is 4.31.